The highest BCUT2D eigenvalue weighted by Gasteiger charge is 2.33. The molecule has 146 valence electrons. The summed E-state index contributed by atoms with van der Waals surface area (Å²) in [5.74, 6) is 1.97. The molecule has 0 unspecified atom stereocenters. The van der Waals surface area contributed by atoms with E-state index in [0.717, 1.165) is 61.3 Å². The summed E-state index contributed by atoms with van der Waals surface area (Å²) in [6, 6.07) is 4.14. The number of β-amino-alcohol motifs (C(OH)–C–C–N with tert-alkyl or cyclic N) is 1. The van der Waals surface area contributed by atoms with Crippen LogP contribution in [-0.2, 0) is 12.8 Å². The molecule has 4 rings (SSSR count). The lowest BCUT2D eigenvalue weighted by Crippen LogP contribution is -2.32. The van der Waals surface area contributed by atoms with Crippen molar-refractivity contribution in [3.8, 4) is 0 Å². The van der Waals surface area contributed by atoms with Crippen LogP contribution in [0.4, 0.5) is 11.8 Å². The van der Waals surface area contributed by atoms with Gasteiger partial charge in [-0.2, -0.15) is 10.1 Å². The Balaban J connectivity index is 1.52. The molecule has 2 fully saturated rings. The first-order valence-electron chi connectivity index (χ1n) is 10.2. The Kier molecular flexibility index (Phi) is 5.29. The number of rotatable bonds is 5. The Hall–Kier alpha value is -2.15. The van der Waals surface area contributed by atoms with Crippen molar-refractivity contribution in [2.75, 3.05) is 36.0 Å². The number of aromatic nitrogens is 4. The summed E-state index contributed by atoms with van der Waals surface area (Å²) in [7, 11) is 0. The largest absolute Gasteiger partial charge is 0.391 e. The van der Waals surface area contributed by atoms with Crippen LogP contribution < -0.4 is 9.80 Å². The standard InChI is InChI=1S/C20H30N6O/c1-3-16-11-19(22-20(21-16)25-7-5-4-6-8-25)26-12-15(18(27)13-26)10-17-9-14(2)23-24-17/h9,11,15,18,27H,3-8,10,12-13H2,1-2H3,(H,23,24)/t15-,18-/m1/s1. The number of hydrogen-bond donors (Lipinski definition) is 2. The second kappa shape index (κ2) is 7.84. The Morgan fingerprint density at radius 1 is 1.07 bits per heavy atom. The van der Waals surface area contributed by atoms with E-state index in [1.807, 2.05) is 6.92 Å². The molecular weight excluding hydrogens is 340 g/mol. The third-order valence-corrected chi connectivity index (χ3v) is 5.72. The first kappa shape index (κ1) is 18.2. The minimum atomic E-state index is -0.361. The lowest BCUT2D eigenvalue weighted by molar-refractivity contribution is 0.148. The fraction of sp³-hybridized carbons (Fsp3) is 0.650. The van der Waals surface area contributed by atoms with Crippen molar-refractivity contribution in [2.45, 2.75) is 52.1 Å². The van der Waals surface area contributed by atoms with Gasteiger partial charge >= 0.3 is 0 Å². The highest BCUT2D eigenvalue weighted by atomic mass is 16.3. The molecule has 2 aliphatic heterocycles. The molecule has 0 amide bonds. The number of aryl methyl sites for hydroxylation is 2. The van der Waals surface area contributed by atoms with Gasteiger partial charge in [0.25, 0.3) is 0 Å². The first-order valence-corrected chi connectivity index (χ1v) is 10.2. The minimum absolute atomic E-state index is 0.172. The normalized spacial score (nSPS) is 23.2. The highest BCUT2D eigenvalue weighted by Crippen LogP contribution is 2.28. The van der Waals surface area contributed by atoms with Crippen molar-refractivity contribution in [3.63, 3.8) is 0 Å². The Morgan fingerprint density at radius 2 is 1.89 bits per heavy atom. The van der Waals surface area contributed by atoms with Crippen LogP contribution in [0.25, 0.3) is 0 Å². The number of aliphatic hydroxyl groups is 1. The molecule has 4 heterocycles. The molecule has 0 saturated carbocycles. The highest BCUT2D eigenvalue weighted by molar-refractivity contribution is 5.47. The molecule has 0 aromatic carbocycles. The summed E-state index contributed by atoms with van der Waals surface area (Å²) in [5.41, 5.74) is 3.15. The van der Waals surface area contributed by atoms with Crippen molar-refractivity contribution in [2.24, 2.45) is 5.92 Å². The average Bonchev–Trinajstić information content (AvgIpc) is 3.28. The van der Waals surface area contributed by atoms with Gasteiger partial charge in [-0.25, -0.2) is 4.98 Å². The molecule has 2 aliphatic rings. The Labute approximate surface area is 160 Å². The quantitative estimate of drug-likeness (QED) is 0.839. The Morgan fingerprint density at radius 3 is 2.59 bits per heavy atom. The van der Waals surface area contributed by atoms with Crippen LogP contribution in [0.2, 0.25) is 0 Å². The molecule has 2 aromatic rings. The van der Waals surface area contributed by atoms with Crippen LogP contribution in [0, 0.1) is 12.8 Å². The second-order valence-electron chi connectivity index (χ2n) is 7.90. The average molecular weight is 371 g/mol. The minimum Gasteiger partial charge on any atom is -0.391 e. The van der Waals surface area contributed by atoms with E-state index in [1.54, 1.807) is 0 Å². The molecule has 2 saturated heterocycles. The number of H-pyrrole nitrogens is 1. The van der Waals surface area contributed by atoms with E-state index < -0.39 is 0 Å². The molecule has 27 heavy (non-hydrogen) atoms. The van der Waals surface area contributed by atoms with Gasteiger partial charge in [0.15, 0.2) is 0 Å². The molecule has 2 N–H and O–H groups in total. The van der Waals surface area contributed by atoms with Gasteiger partial charge in [-0.3, -0.25) is 5.10 Å². The molecule has 0 aliphatic carbocycles. The van der Waals surface area contributed by atoms with Crippen LogP contribution >= 0.6 is 0 Å². The monoisotopic (exact) mass is 370 g/mol. The fourth-order valence-electron chi connectivity index (χ4n) is 4.14. The molecular formula is C20H30N6O. The number of piperidine rings is 1. The summed E-state index contributed by atoms with van der Waals surface area (Å²) in [4.78, 5) is 14.2. The summed E-state index contributed by atoms with van der Waals surface area (Å²) < 4.78 is 0. The van der Waals surface area contributed by atoms with Gasteiger partial charge in [0.2, 0.25) is 5.95 Å². The summed E-state index contributed by atoms with van der Waals surface area (Å²) in [6.07, 6.45) is 5.03. The lowest BCUT2D eigenvalue weighted by atomic mass is 10.0. The number of hydrogen-bond acceptors (Lipinski definition) is 6. The maximum Gasteiger partial charge on any atom is 0.227 e. The summed E-state index contributed by atoms with van der Waals surface area (Å²) >= 11 is 0. The first-order chi connectivity index (χ1) is 13.1. The lowest BCUT2D eigenvalue weighted by Gasteiger charge is -2.28. The van der Waals surface area contributed by atoms with E-state index in [0.29, 0.717) is 6.54 Å². The van der Waals surface area contributed by atoms with Gasteiger partial charge in [-0.1, -0.05) is 6.92 Å². The van der Waals surface area contributed by atoms with Gasteiger partial charge in [0.1, 0.15) is 5.82 Å². The van der Waals surface area contributed by atoms with Gasteiger partial charge in [-0.05, 0) is 45.1 Å². The predicted octanol–water partition coefficient (Wildman–Crippen LogP) is 2.10. The summed E-state index contributed by atoms with van der Waals surface area (Å²) in [5, 5.41) is 17.9. The molecule has 2 aromatic heterocycles. The zero-order valence-electron chi connectivity index (χ0n) is 16.4. The molecule has 0 spiro atoms. The second-order valence-corrected chi connectivity index (χ2v) is 7.90. The van der Waals surface area contributed by atoms with Crippen molar-refractivity contribution >= 4 is 11.8 Å². The molecule has 0 radical (unpaired) electrons. The SMILES string of the molecule is CCc1cc(N2C[C@@H](Cc3cc(C)[nH]n3)[C@H](O)C2)nc(N2CCCCC2)n1. The zero-order valence-corrected chi connectivity index (χ0v) is 16.4. The number of nitrogens with zero attached hydrogens (tertiary/aromatic N) is 5. The summed E-state index contributed by atoms with van der Waals surface area (Å²) in [6.45, 7) is 7.63. The van der Waals surface area contributed by atoms with Crippen LogP contribution in [0.1, 0.15) is 43.3 Å². The van der Waals surface area contributed by atoms with Crippen molar-refractivity contribution in [3.05, 3.63) is 29.2 Å². The molecule has 7 nitrogen and oxygen atoms in total. The van der Waals surface area contributed by atoms with Gasteiger partial charge < -0.3 is 14.9 Å². The van der Waals surface area contributed by atoms with Crippen LogP contribution in [0.15, 0.2) is 12.1 Å². The van der Waals surface area contributed by atoms with E-state index >= 15 is 0 Å². The predicted molar refractivity (Wildman–Crippen MR) is 106 cm³/mol. The topological polar surface area (TPSA) is 81.2 Å². The van der Waals surface area contributed by atoms with Crippen LogP contribution in [0.5, 0.6) is 0 Å². The zero-order chi connectivity index (χ0) is 18.8. The third kappa shape index (κ3) is 4.08. The van der Waals surface area contributed by atoms with Gasteiger partial charge in [-0.15, -0.1) is 0 Å². The van der Waals surface area contributed by atoms with Crippen molar-refractivity contribution in [1.29, 1.82) is 0 Å². The van der Waals surface area contributed by atoms with Crippen molar-refractivity contribution < 1.29 is 5.11 Å². The number of anilines is 2. The van der Waals surface area contributed by atoms with Gasteiger partial charge in [0.05, 0.1) is 11.8 Å². The number of aromatic amines is 1. The van der Waals surface area contributed by atoms with E-state index in [9.17, 15) is 5.11 Å². The molecule has 7 heteroatoms. The maximum absolute atomic E-state index is 10.6. The van der Waals surface area contributed by atoms with E-state index in [2.05, 4.69) is 39.1 Å². The van der Waals surface area contributed by atoms with E-state index in [4.69, 9.17) is 9.97 Å². The van der Waals surface area contributed by atoms with Crippen LogP contribution in [-0.4, -0.2) is 57.6 Å². The number of nitrogens with one attached hydrogen (secondary N) is 1. The molecule has 0 bridgehead atoms. The Bertz CT molecular complexity index is 770. The van der Waals surface area contributed by atoms with Crippen molar-refractivity contribution in [1.82, 2.24) is 20.2 Å². The third-order valence-electron chi connectivity index (χ3n) is 5.72. The van der Waals surface area contributed by atoms with E-state index in [1.165, 1.54) is 19.3 Å². The van der Waals surface area contributed by atoms with E-state index in [-0.39, 0.29) is 12.0 Å². The molecule has 2 atom stereocenters. The number of aliphatic hydroxyl groups excluding tert-OH is 1. The maximum atomic E-state index is 10.6. The van der Waals surface area contributed by atoms with Crippen LogP contribution in [0.3, 0.4) is 0 Å². The van der Waals surface area contributed by atoms with Gasteiger partial charge in [0, 0.05) is 49.6 Å². The fourth-order valence-corrected chi connectivity index (χ4v) is 4.14. The smallest absolute Gasteiger partial charge is 0.227 e.